The van der Waals surface area contributed by atoms with Gasteiger partial charge in [0.2, 0.25) is 10.8 Å². The zero-order valence-electron chi connectivity index (χ0n) is 11.5. The van der Waals surface area contributed by atoms with Crippen molar-refractivity contribution in [1.82, 2.24) is 19.8 Å². The van der Waals surface area contributed by atoms with Gasteiger partial charge in [0.25, 0.3) is 0 Å². The first-order valence-electron chi connectivity index (χ1n) is 7.12. The lowest BCUT2D eigenvalue weighted by atomic mass is 10.2. The number of nitrogens with zero attached hydrogens (tertiary/aromatic N) is 4. The van der Waals surface area contributed by atoms with E-state index in [9.17, 15) is 0 Å². The Kier molecular flexibility index (Phi) is 3.62. The lowest BCUT2D eigenvalue weighted by molar-refractivity contribution is -0.677. The Hall–Kier alpha value is -1.44. The van der Waals surface area contributed by atoms with E-state index in [1.807, 2.05) is 10.6 Å². The quantitative estimate of drug-likeness (QED) is 0.746. The molecule has 2 aromatic heterocycles. The molecule has 1 aromatic carbocycles. The molecule has 4 rings (SSSR count). The summed E-state index contributed by atoms with van der Waals surface area (Å²) in [5.41, 5.74) is 1.32. The van der Waals surface area contributed by atoms with Crippen LogP contribution in [-0.2, 0) is 5.75 Å². The molecule has 108 valence electrons. The third kappa shape index (κ3) is 2.68. The average molecular weight is 318 g/mol. The van der Waals surface area contributed by atoms with Gasteiger partial charge in [0.1, 0.15) is 6.04 Å². The minimum atomic E-state index is 0.425. The molecule has 7 heteroatoms. The van der Waals surface area contributed by atoms with Gasteiger partial charge in [0.05, 0.1) is 6.54 Å². The van der Waals surface area contributed by atoms with Crippen LogP contribution in [0.15, 0.2) is 34.7 Å². The van der Waals surface area contributed by atoms with Crippen molar-refractivity contribution in [2.75, 3.05) is 6.54 Å². The van der Waals surface area contributed by atoms with Crippen molar-refractivity contribution in [1.29, 1.82) is 0 Å². The number of hydrogen-bond donors (Lipinski definition) is 1. The second kappa shape index (κ2) is 5.75. The normalized spacial score (nSPS) is 18.6. The average Bonchev–Trinajstić information content (AvgIpc) is 3.22. The Bertz CT molecular complexity index is 730. The summed E-state index contributed by atoms with van der Waals surface area (Å²) in [5.74, 6) is 1.95. The monoisotopic (exact) mass is 318 g/mol. The van der Waals surface area contributed by atoms with Crippen LogP contribution in [0.1, 0.15) is 30.3 Å². The van der Waals surface area contributed by atoms with Crippen LogP contribution in [0, 0.1) is 0 Å². The number of aromatic nitrogens is 4. The molecule has 0 aliphatic carbocycles. The van der Waals surface area contributed by atoms with Crippen molar-refractivity contribution >= 4 is 28.1 Å². The minimum absolute atomic E-state index is 0.425. The van der Waals surface area contributed by atoms with E-state index in [4.69, 9.17) is 0 Å². The van der Waals surface area contributed by atoms with Gasteiger partial charge < -0.3 is 5.32 Å². The van der Waals surface area contributed by atoms with Gasteiger partial charge in [-0.1, -0.05) is 53.4 Å². The van der Waals surface area contributed by atoms with Gasteiger partial charge in [-0.2, -0.15) is 4.52 Å². The van der Waals surface area contributed by atoms with Crippen LogP contribution in [0.5, 0.6) is 0 Å². The third-order valence-electron chi connectivity index (χ3n) is 3.70. The molecular formula is C14H16N5S2+. The topological polar surface area (TPSA) is 59.7 Å². The zero-order chi connectivity index (χ0) is 14.1. The van der Waals surface area contributed by atoms with E-state index in [1.54, 1.807) is 23.1 Å². The highest BCUT2D eigenvalue weighted by Gasteiger charge is 2.27. The van der Waals surface area contributed by atoms with E-state index in [2.05, 4.69) is 44.9 Å². The first-order chi connectivity index (χ1) is 10.4. The molecular weight excluding hydrogens is 302 g/mol. The SMILES string of the molecule is c1ccc(CSc2nn3c([C@H]4CCC[NH2+]4)nnc3s2)cc1. The third-order valence-corrected chi connectivity index (χ3v) is 5.81. The molecule has 3 aromatic rings. The number of hydrogen-bond acceptors (Lipinski definition) is 5. The van der Waals surface area contributed by atoms with Gasteiger partial charge in [0, 0.05) is 18.6 Å². The number of quaternary nitrogens is 1. The van der Waals surface area contributed by atoms with Crippen LogP contribution in [0.2, 0.25) is 0 Å². The lowest BCUT2D eigenvalue weighted by Gasteiger charge is -2.01. The highest BCUT2D eigenvalue weighted by atomic mass is 32.2. The molecule has 1 saturated heterocycles. The predicted molar refractivity (Wildman–Crippen MR) is 83.4 cm³/mol. The highest BCUT2D eigenvalue weighted by Crippen LogP contribution is 2.28. The van der Waals surface area contributed by atoms with Crippen molar-refractivity contribution in [3.05, 3.63) is 41.7 Å². The summed E-state index contributed by atoms with van der Waals surface area (Å²) in [6.45, 7) is 1.18. The fourth-order valence-corrected chi connectivity index (χ4v) is 4.47. The molecule has 3 heterocycles. The van der Waals surface area contributed by atoms with Gasteiger partial charge in [-0.3, -0.25) is 0 Å². The van der Waals surface area contributed by atoms with Crippen LogP contribution < -0.4 is 5.32 Å². The van der Waals surface area contributed by atoms with E-state index in [0.717, 1.165) is 20.9 Å². The Morgan fingerprint density at radius 3 is 3.00 bits per heavy atom. The van der Waals surface area contributed by atoms with Crippen LogP contribution in [0.25, 0.3) is 4.96 Å². The number of benzene rings is 1. The maximum absolute atomic E-state index is 4.69. The van der Waals surface area contributed by atoms with E-state index in [1.165, 1.54) is 24.9 Å². The van der Waals surface area contributed by atoms with Crippen LogP contribution in [0.4, 0.5) is 0 Å². The molecule has 21 heavy (non-hydrogen) atoms. The summed E-state index contributed by atoms with van der Waals surface area (Å²) >= 11 is 3.39. The van der Waals surface area contributed by atoms with Crippen molar-refractivity contribution in [3.8, 4) is 0 Å². The summed E-state index contributed by atoms with van der Waals surface area (Å²) in [5, 5.41) is 15.6. The van der Waals surface area contributed by atoms with E-state index >= 15 is 0 Å². The van der Waals surface area contributed by atoms with E-state index in [0.29, 0.717) is 6.04 Å². The van der Waals surface area contributed by atoms with Crippen LogP contribution in [-0.4, -0.2) is 26.4 Å². The fraction of sp³-hybridized carbons (Fsp3) is 0.357. The number of thioether (sulfide) groups is 1. The maximum Gasteiger partial charge on any atom is 0.235 e. The summed E-state index contributed by atoms with van der Waals surface area (Å²) in [6, 6.07) is 10.9. The van der Waals surface area contributed by atoms with E-state index in [-0.39, 0.29) is 0 Å². The molecule has 5 nitrogen and oxygen atoms in total. The van der Waals surface area contributed by atoms with Crippen molar-refractivity contribution < 1.29 is 5.32 Å². The molecule has 1 atom stereocenters. The number of fused-ring (bicyclic) bond motifs is 1. The summed E-state index contributed by atoms with van der Waals surface area (Å²) in [4.78, 5) is 0.904. The molecule has 1 fully saturated rings. The zero-order valence-corrected chi connectivity index (χ0v) is 13.1. The second-order valence-electron chi connectivity index (χ2n) is 5.17. The Morgan fingerprint density at radius 1 is 1.29 bits per heavy atom. The molecule has 0 radical (unpaired) electrons. The van der Waals surface area contributed by atoms with Crippen molar-refractivity contribution in [2.45, 2.75) is 29.0 Å². The number of rotatable bonds is 4. The van der Waals surface area contributed by atoms with Crippen molar-refractivity contribution in [3.63, 3.8) is 0 Å². The maximum atomic E-state index is 4.69. The van der Waals surface area contributed by atoms with Gasteiger partial charge in [-0.15, -0.1) is 15.3 Å². The lowest BCUT2D eigenvalue weighted by Crippen LogP contribution is -2.82. The Balaban J connectivity index is 1.54. The molecule has 0 saturated carbocycles. The minimum Gasteiger partial charge on any atom is -0.337 e. The van der Waals surface area contributed by atoms with Gasteiger partial charge >= 0.3 is 0 Å². The Labute approximate surface area is 130 Å². The fourth-order valence-electron chi connectivity index (χ4n) is 2.63. The predicted octanol–water partition coefficient (Wildman–Crippen LogP) is 1.88. The molecule has 0 amide bonds. The summed E-state index contributed by atoms with van der Waals surface area (Å²) in [7, 11) is 0. The van der Waals surface area contributed by atoms with Gasteiger partial charge in [-0.25, -0.2) is 0 Å². The highest BCUT2D eigenvalue weighted by molar-refractivity contribution is 8.00. The van der Waals surface area contributed by atoms with Crippen molar-refractivity contribution in [2.24, 2.45) is 0 Å². The molecule has 0 spiro atoms. The summed E-state index contributed by atoms with van der Waals surface area (Å²) < 4.78 is 2.99. The molecule has 1 aliphatic heterocycles. The molecule has 0 bridgehead atoms. The van der Waals surface area contributed by atoms with Gasteiger partial charge in [-0.05, 0) is 5.56 Å². The van der Waals surface area contributed by atoms with E-state index < -0.39 is 0 Å². The van der Waals surface area contributed by atoms with Crippen LogP contribution >= 0.6 is 23.1 Å². The summed E-state index contributed by atoms with van der Waals surface area (Å²) in [6.07, 6.45) is 2.42. The first kappa shape index (κ1) is 13.2. The first-order valence-corrected chi connectivity index (χ1v) is 8.92. The molecule has 1 aliphatic rings. The standard InChI is InChI=1S/C14H15N5S2/c1-2-5-10(6-3-1)9-20-14-18-19-12(11-7-4-8-15-11)16-17-13(19)21-14/h1-3,5-6,11,15H,4,7-9H2/p+1/t11-/m1/s1. The number of nitrogens with two attached hydrogens (primary N) is 1. The Morgan fingerprint density at radius 2 is 2.19 bits per heavy atom. The van der Waals surface area contributed by atoms with Crippen LogP contribution in [0.3, 0.4) is 0 Å². The smallest absolute Gasteiger partial charge is 0.235 e. The largest absolute Gasteiger partial charge is 0.337 e. The second-order valence-corrected chi connectivity index (χ2v) is 7.35. The van der Waals surface area contributed by atoms with Gasteiger partial charge in [0.15, 0.2) is 4.34 Å². The molecule has 0 unspecified atom stereocenters. The molecule has 2 N–H and O–H groups in total.